The van der Waals surface area contributed by atoms with Crippen molar-refractivity contribution >= 4 is 22.6 Å². The minimum absolute atomic E-state index is 0.0198. The molecule has 0 fully saturated rings. The van der Waals surface area contributed by atoms with Gasteiger partial charge in [-0.15, -0.1) is 0 Å². The van der Waals surface area contributed by atoms with Crippen LogP contribution >= 0.6 is 0 Å². The molecule has 0 bridgehead atoms. The molecule has 0 atom stereocenters. The van der Waals surface area contributed by atoms with Crippen LogP contribution in [-0.2, 0) is 4.79 Å². The van der Waals surface area contributed by atoms with Crippen LogP contribution in [0.3, 0.4) is 0 Å². The van der Waals surface area contributed by atoms with Gasteiger partial charge in [-0.05, 0) is 29.8 Å². The number of nitrogens with one attached hydrogen (secondary N) is 2. The van der Waals surface area contributed by atoms with Crippen molar-refractivity contribution in [3.63, 3.8) is 0 Å². The lowest BCUT2D eigenvalue weighted by Gasteiger charge is -2.09. The number of hydrogen-bond acceptors (Lipinski definition) is 2. The van der Waals surface area contributed by atoms with Crippen molar-refractivity contribution in [2.75, 3.05) is 5.32 Å². The first-order valence-corrected chi connectivity index (χ1v) is 6.98. The molecule has 3 aromatic rings. The van der Waals surface area contributed by atoms with Crippen LogP contribution in [-0.4, -0.2) is 15.9 Å². The van der Waals surface area contributed by atoms with E-state index in [1.807, 2.05) is 56.6 Å². The second-order valence-corrected chi connectivity index (χ2v) is 5.36. The number of benzene rings is 1. The smallest absolute Gasteiger partial charge is 0.226 e. The van der Waals surface area contributed by atoms with E-state index in [-0.39, 0.29) is 11.8 Å². The van der Waals surface area contributed by atoms with Crippen LogP contribution in [0.2, 0.25) is 0 Å². The third-order valence-corrected chi connectivity index (χ3v) is 3.39. The Morgan fingerprint density at radius 1 is 1.19 bits per heavy atom. The van der Waals surface area contributed by atoms with Crippen molar-refractivity contribution in [3.05, 3.63) is 48.8 Å². The van der Waals surface area contributed by atoms with Crippen molar-refractivity contribution in [1.82, 2.24) is 9.97 Å². The number of rotatable bonds is 3. The van der Waals surface area contributed by atoms with Crippen LogP contribution < -0.4 is 5.32 Å². The van der Waals surface area contributed by atoms with Gasteiger partial charge in [0.1, 0.15) is 5.65 Å². The van der Waals surface area contributed by atoms with Crippen molar-refractivity contribution in [2.45, 2.75) is 13.8 Å². The molecule has 0 radical (unpaired) electrons. The molecule has 106 valence electrons. The van der Waals surface area contributed by atoms with Gasteiger partial charge in [-0.1, -0.05) is 26.0 Å². The third-order valence-electron chi connectivity index (χ3n) is 3.39. The molecule has 0 aliphatic heterocycles. The van der Waals surface area contributed by atoms with Gasteiger partial charge < -0.3 is 10.3 Å². The molecule has 0 saturated heterocycles. The maximum absolute atomic E-state index is 11.8. The standard InChI is InChI=1S/C17H17N3O/c1-11(2)17(21)20-15-5-3-4-12(9-15)14-8-13-6-7-18-16(13)19-10-14/h3-11H,1-2H3,(H,18,19)(H,20,21). The molecular formula is C17H17N3O. The predicted molar refractivity (Wildman–Crippen MR) is 85.0 cm³/mol. The van der Waals surface area contributed by atoms with E-state index in [1.54, 1.807) is 0 Å². The number of pyridine rings is 1. The van der Waals surface area contributed by atoms with E-state index in [4.69, 9.17) is 0 Å². The Morgan fingerprint density at radius 3 is 2.86 bits per heavy atom. The van der Waals surface area contributed by atoms with Gasteiger partial charge in [0.05, 0.1) is 0 Å². The fourth-order valence-electron chi connectivity index (χ4n) is 2.16. The Morgan fingerprint density at radius 2 is 2.05 bits per heavy atom. The summed E-state index contributed by atoms with van der Waals surface area (Å²) in [6, 6.07) is 11.9. The highest BCUT2D eigenvalue weighted by atomic mass is 16.1. The molecule has 2 N–H and O–H groups in total. The lowest BCUT2D eigenvalue weighted by Crippen LogP contribution is -2.17. The molecule has 21 heavy (non-hydrogen) atoms. The Hall–Kier alpha value is -2.62. The quantitative estimate of drug-likeness (QED) is 0.765. The van der Waals surface area contributed by atoms with E-state index in [2.05, 4.69) is 21.4 Å². The highest BCUT2D eigenvalue weighted by molar-refractivity contribution is 5.93. The topological polar surface area (TPSA) is 57.8 Å². The van der Waals surface area contributed by atoms with E-state index in [9.17, 15) is 4.79 Å². The van der Waals surface area contributed by atoms with Gasteiger partial charge in [-0.3, -0.25) is 4.79 Å². The van der Waals surface area contributed by atoms with E-state index < -0.39 is 0 Å². The number of anilines is 1. The molecule has 2 heterocycles. The zero-order valence-electron chi connectivity index (χ0n) is 12.1. The van der Waals surface area contributed by atoms with Crippen LogP contribution in [0.25, 0.3) is 22.2 Å². The molecule has 3 rings (SSSR count). The number of fused-ring (bicyclic) bond motifs is 1. The summed E-state index contributed by atoms with van der Waals surface area (Å²) in [6.45, 7) is 3.76. The summed E-state index contributed by atoms with van der Waals surface area (Å²) in [5.41, 5.74) is 3.75. The zero-order chi connectivity index (χ0) is 14.8. The largest absolute Gasteiger partial charge is 0.346 e. The molecule has 2 aromatic heterocycles. The molecule has 0 unspecified atom stereocenters. The fraction of sp³-hybridized carbons (Fsp3) is 0.176. The molecule has 0 saturated carbocycles. The summed E-state index contributed by atoms with van der Waals surface area (Å²) in [6.07, 6.45) is 3.71. The SMILES string of the molecule is CC(C)C(=O)Nc1cccc(-c2cnc3[nH]ccc3c2)c1. The number of amides is 1. The first-order valence-electron chi connectivity index (χ1n) is 6.98. The molecule has 4 nitrogen and oxygen atoms in total. The third kappa shape index (κ3) is 2.79. The number of carbonyl (C=O) groups is 1. The Labute approximate surface area is 123 Å². The van der Waals surface area contributed by atoms with Gasteiger partial charge in [0.2, 0.25) is 5.91 Å². The first-order chi connectivity index (χ1) is 10.1. The van der Waals surface area contributed by atoms with Gasteiger partial charge in [0.25, 0.3) is 0 Å². The lowest BCUT2D eigenvalue weighted by atomic mass is 10.1. The highest BCUT2D eigenvalue weighted by Gasteiger charge is 2.08. The van der Waals surface area contributed by atoms with Crippen LogP contribution in [0, 0.1) is 5.92 Å². The van der Waals surface area contributed by atoms with Crippen LogP contribution in [0.4, 0.5) is 5.69 Å². The first kappa shape index (κ1) is 13.4. The van der Waals surface area contributed by atoms with Crippen molar-refractivity contribution in [3.8, 4) is 11.1 Å². The Bertz CT molecular complexity index is 789. The molecule has 0 aliphatic carbocycles. The lowest BCUT2D eigenvalue weighted by molar-refractivity contribution is -0.118. The van der Waals surface area contributed by atoms with Crippen LogP contribution in [0.5, 0.6) is 0 Å². The van der Waals surface area contributed by atoms with Gasteiger partial charge in [-0.2, -0.15) is 0 Å². The number of carbonyl (C=O) groups excluding carboxylic acids is 1. The zero-order valence-corrected chi connectivity index (χ0v) is 12.1. The van der Waals surface area contributed by atoms with Gasteiger partial charge >= 0.3 is 0 Å². The summed E-state index contributed by atoms with van der Waals surface area (Å²) in [7, 11) is 0. The summed E-state index contributed by atoms with van der Waals surface area (Å²) in [5, 5.41) is 3.99. The second kappa shape index (κ2) is 5.40. The van der Waals surface area contributed by atoms with E-state index in [0.29, 0.717) is 0 Å². The van der Waals surface area contributed by atoms with Gasteiger partial charge in [0.15, 0.2) is 0 Å². The maximum Gasteiger partial charge on any atom is 0.226 e. The van der Waals surface area contributed by atoms with Crippen molar-refractivity contribution in [2.24, 2.45) is 5.92 Å². The number of nitrogens with zero attached hydrogens (tertiary/aromatic N) is 1. The molecule has 0 aliphatic rings. The number of aromatic nitrogens is 2. The number of aromatic amines is 1. The Kier molecular flexibility index (Phi) is 3.44. The van der Waals surface area contributed by atoms with Crippen LogP contribution in [0.15, 0.2) is 48.8 Å². The fourth-order valence-corrected chi connectivity index (χ4v) is 2.16. The average Bonchev–Trinajstić information content (AvgIpc) is 2.94. The summed E-state index contributed by atoms with van der Waals surface area (Å²) < 4.78 is 0. The van der Waals surface area contributed by atoms with E-state index in [0.717, 1.165) is 27.8 Å². The predicted octanol–water partition coefficient (Wildman–Crippen LogP) is 3.82. The molecule has 4 heteroatoms. The molecular weight excluding hydrogens is 262 g/mol. The average molecular weight is 279 g/mol. The van der Waals surface area contributed by atoms with Crippen molar-refractivity contribution < 1.29 is 4.79 Å². The number of hydrogen-bond donors (Lipinski definition) is 2. The van der Waals surface area contributed by atoms with Crippen LogP contribution in [0.1, 0.15) is 13.8 Å². The normalized spacial score (nSPS) is 11.0. The number of H-pyrrole nitrogens is 1. The minimum Gasteiger partial charge on any atom is -0.346 e. The van der Waals surface area contributed by atoms with Gasteiger partial charge in [0, 0.05) is 34.9 Å². The molecule has 1 amide bonds. The molecule has 1 aromatic carbocycles. The van der Waals surface area contributed by atoms with E-state index in [1.165, 1.54) is 0 Å². The summed E-state index contributed by atoms with van der Waals surface area (Å²) >= 11 is 0. The summed E-state index contributed by atoms with van der Waals surface area (Å²) in [5.74, 6) is -0.0158. The Balaban J connectivity index is 1.93. The minimum atomic E-state index is -0.0356. The molecule has 0 spiro atoms. The monoisotopic (exact) mass is 279 g/mol. The van der Waals surface area contributed by atoms with E-state index >= 15 is 0 Å². The maximum atomic E-state index is 11.8. The summed E-state index contributed by atoms with van der Waals surface area (Å²) in [4.78, 5) is 19.2. The van der Waals surface area contributed by atoms with Gasteiger partial charge in [-0.25, -0.2) is 4.98 Å². The highest BCUT2D eigenvalue weighted by Crippen LogP contribution is 2.24. The second-order valence-electron chi connectivity index (χ2n) is 5.36. The van der Waals surface area contributed by atoms with Crippen molar-refractivity contribution in [1.29, 1.82) is 0 Å².